The average Bonchev–Trinajstić information content (AvgIpc) is 3.36. The van der Waals surface area contributed by atoms with Crippen molar-refractivity contribution in [3.05, 3.63) is 83.7 Å². The van der Waals surface area contributed by atoms with Crippen molar-refractivity contribution in [3.8, 4) is 16.9 Å². The Labute approximate surface area is 248 Å². The molecule has 1 spiro atoms. The van der Waals surface area contributed by atoms with Gasteiger partial charge in [-0.2, -0.15) is 4.31 Å². The predicted octanol–water partition coefficient (Wildman–Crippen LogP) is 3.83. The molecule has 0 aliphatic carbocycles. The Hall–Kier alpha value is -3.45. The molecule has 0 unspecified atom stereocenters. The molecule has 6 rings (SSSR count). The lowest BCUT2D eigenvalue weighted by Crippen LogP contribution is -2.59. The van der Waals surface area contributed by atoms with Gasteiger partial charge < -0.3 is 15.2 Å². The Morgan fingerprint density at radius 2 is 1.74 bits per heavy atom. The molecule has 0 radical (unpaired) electrons. The lowest BCUT2D eigenvalue weighted by atomic mass is 9.84. The third-order valence-electron chi connectivity index (χ3n) is 8.64. The smallest absolute Gasteiger partial charge is 0.247 e. The van der Waals surface area contributed by atoms with E-state index in [1.807, 2.05) is 6.07 Å². The Bertz CT molecular complexity index is 1650. The van der Waals surface area contributed by atoms with Crippen LogP contribution in [-0.2, 0) is 21.4 Å². The molecule has 3 aromatic rings. The molecule has 3 heterocycles. The van der Waals surface area contributed by atoms with Crippen molar-refractivity contribution in [1.29, 1.82) is 0 Å². The summed E-state index contributed by atoms with van der Waals surface area (Å²) in [5.41, 5.74) is 0.516. The lowest BCUT2D eigenvalue weighted by molar-refractivity contribution is -0.127. The van der Waals surface area contributed by atoms with Gasteiger partial charge in [0.2, 0.25) is 15.9 Å². The van der Waals surface area contributed by atoms with Crippen LogP contribution in [-0.4, -0.2) is 72.6 Å². The van der Waals surface area contributed by atoms with Crippen LogP contribution in [0.3, 0.4) is 0 Å². The van der Waals surface area contributed by atoms with E-state index in [0.29, 0.717) is 44.5 Å². The van der Waals surface area contributed by atoms with E-state index in [4.69, 9.17) is 4.74 Å². The highest BCUT2D eigenvalue weighted by Crippen LogP contribution is 2.38. The van der Waals surface area contributed by atoms with E-state index >= 15 is 0 Å². The summed E-state index contributed by atoms with van der Waals surface area (Å²) in [6.45, 7) is 1.57. The van der Waals surface area contributed by atoms with Gasteiger partial charge in [-0.3, -0.25) is 9.69 Å². The van der Waals surface area contributed by atoms with Crippen molar-refractivity contribution in [2.45, 2.75) is 54.8 Å². The topological polar surface area (TPSA) is 99.2 Å². The zero-order valence-electron chi connectivity index (χ0n) is 23.3. The van der Waals surface area contributed by atoms with Gasteiger partial charge in [-0.1, -0.05) is 18.2 Å². The summed E-state index contributed by atoms with van der Waals surface area (Å²) < 4.78 is 76.8. The molecule has 3 aromatic carbocycles. The summed E-state index contributed by atoms with van der Waals surface area (Å²) in [6, 6.07) is 12.5. The molecule has 2 N–H and O–H groups in total. The van der Waals surface area contributed by atoms with E-state index < -0.39 is 45.2 Å². The first kappa shape index (κ1) is 29.6. The van der Waals surface area contributed by atoms with Crippen molar-refractivity contribution in [3.63, 3.8) is 0 Å². The van der Waals surface area contributed by atoms with E-state index in [-0.39, 0.29) is 41.6 Å². The number of sulfonamides is 1. The molecule has 1 amide bonds. The highest BCUT2D eigenvalue weighted by atomic mass is 32.2. The van der Waals surface area contributed by atoms with Crippen LogP contribution in [0.25, 0.3) is 11.1 Å². The number of fused-ring (bicyclic) bond motifs is 2. The maximum atomic E-state index is 14.6. The van der Waals surface area contributed by atoms with E-state index in [9.17, 15) is 31.5 Å². The van der Waals surface area contributed by atoms with Crippen LogP contribution in [0.15, 0.2) is 65.6 Å². The number of aliphatic hydroxyl groups is 1. The second kappa shape index (κ2) is 11.6. The number of benzene rings is 3. The summed E-state index contributed by atoms with van der Waals surface area (Å²) in [6.07, 6.45) is 0.382. The number of halogens is 3. The second-order valence-electron chi connectivity index (χ2n) is 11.5. The molecule has 43 heavy (non-hydrogen) atoms. The minimum atomic E-state index is -4.31. The Morgan fingerprint density at radius 1 is 0.977 bits per heavy atom. The molecule has 2 fully saturated rings. The fourth-order valence-corrected chi connectivity index (χ4v) is 8.06. The number of nitrogens with zero attached hydrogens (tertiary/aromatic N) is 2. The van der Waals surface area contributed by atoms with Crippen LogP contribution >= 0.6 is 0 Å². The second-order valence-corrected chi connectivity index (χ2v) is 13.4. The predicted molar refractivity (Wildman–Crippen MR) is 152 cm³/mol. The van der Waals surface area contributed by atoms with Gasteiger partial charge in [-0.05, 0) is 60.4 Å². The summed E-state index contributed by atoms with van der Waals surface area (Å²) in [4.78, 5) is 15.6. The number of carbonyl (C=O) groups excluding carboxylic acids is 1. The molecule has 12 heteroatoms. The summed E-state index contributed by atoms with van der Waals surface area (Å²) in [5.74, 6) is -2.34. The Morgan fingerprint density at radius 3 is 2.49 bits per heavy atom. The third kappa shape index (κ3) is 6.01. The van der Waals surface area contributed by atoms with Gasteiger partial charge in [0, 0.05) is 56.2 Å². The SMILES string of the molecule is O=C1NC2(CCOc3cc(-c4ccc(F)cc4F)ccc3S(=O)(=O)N3C[C@H](O)C[C@@H]13)CCN(Cc1cccc(F)c1)CC2. The fourth-order valence-electron chi connectivity index (χ4n) is 6.31. The van der Waals surface area contributed by atoms with E-state index in [1.54, 1.807) is 6.07 Å². The highest BCUT2D eigenvalue weighted by Gasteiger charge is 2.47. The number of nitrogens with one attached hydrogen (secondary N) is 1. The van der Waals surface area contributed by atoms with Gasteiger partial charge >= 0.3 is 0 Å². The number of hydrogen-bond acceptors (Lipinski definition) is 6. The molecular formula is C31H32F3N3O5S. The van der Waals surface area contributed by atoms with Crippen molar-refractivity contribution in [2.24, 2.45) is 0 Å². The third-order valence-corrected chi connectivity index (χ3v) is 10.6. The summed E-state index contributed by atoms with van der Waals surface area (Å²) >= 11 is 0. The number of likely N-dealkylation sites (tertiary alicyclic amines) is 1. The molecular weight excluding hydrogens is 583 g/mol. The van der Waals surface area contributed by atoms with Gasteiger partial charge in [0.25, 0.3) is 0 Å². The number of aliphatic hydroxyl groups excluding tert-OH is 1. The standard InChI is InChI=1S/C31H32F3N3O5S/c32-22-3-1-2-20(14-22)18-36-11-8-31(9-12-36)10-13-42-28-15-21(25-6-5-23(33)16-26(25)34)4-7-29(28)43(40,41)37-19-24(38)17-27(37)30(39)35-31/h1-7,14-16,24,27,38H,8-13,17-19H2,(H,35,39)/t24-,27+/m1/s1. The summed E-state index contributed by atoms with van der Waals surface area (Å²) in [7, 11) is -4.31. The van der Waals surface area contributed by atoms with E-state index in [2.05, 4.69) is 10.2 Å². The van der Waals surface area contributed by atoms with E-state index in [1.165, 1.54) is 36.4 Å². The van der Waals surface area contributed by atoms with Crippen LogP contribution < -0.4 is 10.1 Å². The number of rotatable bonds is 3. The molecule has 0 saturated carbocycles. The molecule has 0 aromatic heterocycles. The van der Waals surface area contributed by atoms with Crippen molar-refractivity contribution in [2.75, 3.05) is 26.2 Å². The maximum absolute atomic E-state index is 14.6. The fraction of sp³-hybridized carbons (Fsp3) is 0.387. The molecule has 3 aliphatic rings. The van der Waals surface area contributed by atoms with Crippen LogP contribution in [0, 0.1) is 17.5 Å². The van der Waals surface area contributed by atoms with Crippen molar-refractivity contribution in [1.82, 2.24) is 14.5 Å². The first-order valence-electron chi connectivity index (χ1n) is 14.2. The van der Waals surface area contributed by atoms with Gasteiger partial charge in [-0.15, -0.1) is 0 Å². The van der Waals surface area contributed by atoms with Crippen LogP contribution in [0.1, 0.15) is 31.2 Å². The number of carbonyl (C=O) groups is 1. The lowest BCUT2D eigenvalue weighted by Gasteiger charge is -2.43. The highest BCUT2D eigenvalue weighted by molar-refractivity contribution is 7.89. The van der Waals surface area contributed by atoms with Crippen LogP contribution in [0.2, 0.25) is 0 Å². The normalized spacial score (nSPS) is 24.0. The Balaban J connectivity index is 1.31. The molecule has 8 nitrogen and oxygen atoms in total. The maximum Gasteiger partial charge on any atom is 0.247 e. The van der Waals surface area contributed by atoms with Gasteiger partial charge in [0.1, 0.15) is 34.1 Å². The number of hydrogen-bond donors (Lipinski definition) is 2. The van der Waals surface area contributed by atoms with Crippen molar-refractivity contribution >= 4 is 15.9 Å². The van der Waals surface area contributed by atoms with Gasteiger partial charge in [0.05, 0.1) is 12.7 Å². The van der Waals surface area contributed by atoms with Crippen LogP contribution in [0.5, 0.6) is 5.75 Å². The first-order chi connectivity index (χ1) is 20.5. The van der Waals surface area contributed by atoms with E-state index in [0.717, 1.165) is 22.0 Å². The molecule has 2 atom stereocenters. The number of piperidine rings is 1. The monoisotopic (exact) mass is 615 g/mol. The minimum Gasteiger partial charge on any atom is -0.492 e. The quantitative estimate of drug-likeness (QED) is 0.465. The molecule has 0 bridgehead atoms. The molecule has 228 valence electrons. The zero-order chi connectivity index (χ0) is 30.4. The van der Waals surface area contributed by atoms with Crippen LogP contribution in [0.4, 0.5) is 13.2 Å². The molecule has 3 aliphatic heterocycles. The van der Waals surface area contributed by atoms with Crippen molar-refractivity contribution < 1.29 is 36.2 Å². The first-order valence-corrected chi connectivity index (χ1v) is 15.7. The Kier molecular flexibility index (Phi) is 7.97. The zero-order valence-corrected chi connectivity index (χ0v) is 24.1. The molecule has 2 saturated heterocycles. The largest absolute Gasteiger partial charge is 0.492 e. The van der Waals surface area contributed by atoms with Gasteiger partial charge in [-0.25, -0.2) is 21.6 Å². The number of amides is 1. The van der Waals surface area contributed by atoms with Gasteiger partial charge in [0.15, 0.2) is 0 Å². The minimum absolute atomic E-state index is 0.0191. The number of ether oxygens (including phenoxy) is 1. The average molecular weight is 616 g/mol. The summed E-state index contributed by atoms with van der Waals surface area (Å²) in [5, 5.41) is 13.6.